The molecule has 2 atom stereocenters. The maximum absolute atomic E-state index is 13.7. The van der Waals surface area contributed by atoms with E-state index in [1.807, 2.05) is 6.07 Å². The lowest BCUT2D eigenvalue weighted by molar-refractivity contribution is 0.0988. The molecule has 2 saturated heterocycles. The first-order valence-corrected chi connectivity index (χ1v) is 11.8. The van der Waals surface area contributed by atoms with Crippen LogP contribution in [0.15, 0.2) is 24.7 Å². The van der Waals surface area contributed by atoms with E-state index in [-0.39, 0.29) is 29.4 Å². The van der Waals surface area contributed by atoms with Crippen LogP contribution in [0, 0.1) is 11.8 Å². The van der Waals surface area contributed by atoms with Crippen molar-refractivity contribution in [1.82, 2.24) is 24.4 Å². The number of alkyl halides is 2. The molecule has 0 radical (unpaired) electrons. The van der Waals surface area contributed by atoms with Gasteiger partial charge in [-0.2, -0.15) is 10.2 Å². The van der Waals surface area contributed by atoms with Crippen molar-refractivity contribution in [3.05, 3.63) is 35.9 Å². The van der Waals surface area contributed by atoms with Crippen LogP contribution < -0.4 is 10.2 Å². The van der Waals surface area contributed by atoms with Gasteiger partial charge in [0.05, 0.1) is 36.7 Å². The maximum Gasteiger partial charge on any atom is 0.284 e. The van der Waals surface area contributed by atoms with Crippen molar-refractivity contribution in [3.63, 3.8) is 0 Å². The Balaban J connectivity index is 1.24. The van der Waals surface area contributed by atoms with Crippen molar-refractivity contribution >= 4 is 23.1 Å². The summed E-state index contributed by atoms with van der Waals surface area (Å²) in [7, 11) is 0. The van der Waals surface area contributed by atoms with Crippen molar-refractivity contribution < 1.29 is 18.3 Å². The number of carbonyl (C=O) groups excluding carboxylic acids is 1. The van der Waals surface area contributed by atoms with Crippen LogP contribution in [0.4, 0.5) is 20.3 Å². The number of halogens is 2. The first-order chi connectivity index (χ1) is 16.4. The highest BCUT2D eigenvalue weighted by Gasteiger charge is 2.40. The topological polar surface area (TPSA) is 89.6 Å². The standard InChI is InChI=1S/C23H27F2N7O2/c1-12(2)13-5-14(6-13)32-10-18(20(29-32)21(24)25)27-23(33)17-8-26-31-4-3-19(28-22(17)31)30-9-16-7-15(30)11-34-16/h3-4,8,10,12-16,21H,5-7,9,11H2,1-2H3,(H,27,33)/t13?,14?,15-,16-/m1/s1. The number of rotatable bonds is 6. The molecule has 11 heteroatoms. The van der Waals surface area contributed by atoms with Gasteiger partial charge in [-0.15, -0.1) is 0 Å². The highest BCUT2D eigenvalue weighted by Crippen LogP contribution is 2.43. The number of aromatic nitrogens is 5. The summed E-state index contributed by atoms with van der Waals surface area (Å²) in [6.45, 7) is 5.76. The summed E-state index contributed by atoms with van der Waals surface area (Å²) in [5.74, 6) is 1.33. The molecule has 2 bridgehead atoms. The van der Waals surface area contributed by atoms with E-state index >= 15 is 0 Å². The quantitative estimate of drug-likeness (QED) is 0.590. The molecule has 3 aliphatic rings. The zero-order chi connectivity index (χ0) is 23.6. The monoisotopic (exact) mass is 471 g/mol. The normalized spacial score (nSPS) is 26.1. The van der Waals surface area contributed by atoms with E-state index in [4.69, 9.17) is 4.74 Å². The van der Waals surface area contributed by atoms with Crippen molar-refractivity contribution in [1.29, 1.82) is 0 Å². The van der Waals surface area contributed by atoms with E-state index in [2.05, 4.69) is 39.2 Å². The largest absolute Gasteiger partial charge is 0.374 e. The molecule has 1 saturated carbocycles. The van der Waals surface area contributed by atoms with Gasteiger partial charge in [0.1, 0.15) is 11.4 Å². The zero-order valence-corrected chi connectivity index (χ0v) is 19.1. The fourth-order valence-electron chi connectivity index (χ4n) is 5.29. The van der Waals surface area contributed by atoms with Crippen molar-refractivity contribution in [2.45, 2.75) is 57.7 Å². The molecule has 2 aliphatic heterocycles. The van der Waals surface area contributed by atoms with Gasteiger partial charge in [-0.1, -0.05) is 13.8 Å². The third-order valence-electron chi connectivity index (χ3n) is 7.48. The van der Waals surface area contributed by atoms with Crippen LogP contribution >= 0.6 is 0 Å². The Hall–Kier alpha value is -3.08. The number of ether oxygens (including phenoxy) is 1. The number of morpholine rings is 1. The van der Waals surface area contributed by atoms with Gasteiger partial charge in [0.15, 0.2) is 11.3 Å². The Morgan fingerprint density at radius 1 is 1.24 bits per heavy atom. The molecule has 0 unspecified atom stereocenters. The van der Waals surface area contributed by atoms with Crippen LogP contribution in [0.25, 0.3) is 5.65 Å². The lowest BCUT2D eigenvalue weighted by Crippen LogP contribution is -2.37. The first-order valence-electron chi connectivity index (χ1n) is 11.8. The Bertz CT molecular complexity index is 1230. The number of amides is 1. The summed E-state index contributed by atoms with van der Waals surface area (Å²) in [5, 5.41) is 11.0. The summed E-state index contributed by atoms with van der Waals surface area (Å²) >= 11 is 0. The lowest BCUT2D eigenvalue weighted by Gasteiger charge is -2.38. The number of anilines is 2. The van der Waals surface area contributed by atoms with Gasteiger partial charge in [0.25, 0.3) is 12.3 Å². The van der Waals surface area contributed by atoms with E-state index in [0.29, 0.717) is 24.1 Å². The van der Waals surface area contributed by atoms with Crippen LogP contribution in [0.5, 0.6) is 0 Å². The number of carbonyl (C=O) groups is 1. The van der Waals surface area contributed by atoms with E-state index < -0.39 is 18.0 Å². The molecule has 5 heterocycles. The molecule has 0 aromatic carbocycles. The highest BCUT2D eigenvalue weighted by atomic mass is 19.3. The summed E-state index contributed by atoms with van der Waals surface area (Å²) < 4.78 is 36.2. The van der Waals surface area contributed by atoms with Crippen molar-refractivity contribution in [2.24, 2.45) is 11.8 Å². The molecular weight excluding hydrogens is 444 g/mol. The van der Waals surface area contributed by atoms with E-state index in [9.17, 15) is 13.6 Å². The number of hydrogen-bond donors (Lipinski definition) is 1. The van der Waals surface area contributed by atoms with Gasteiger partial charge < -0.3 is 15.0 Å². The third-order valence-corrected chi connectivity index (χ3v) is 7.48. The second-order valence-corrected chi connectivity index (χ2v) is 9.90. The average molecular weight is 472 g/mol. The highest BCUT2D eigenvalue weighted by molar-refractivity contribution is 6.08. The summed E-state index contributed by atoms with van der Waals surface area (Å²) in [6.07, 6.45) is 4.88. The molecule has 1 amide bonds. The SMILES string of the molecule is CC(C)C1CC(n2cc(NC(=O)c3cnn4ccc(N5C[C@H]6C[C@@H]5CO6)nc34)c(C(F)F)n2)C1. The summed E-state index contributed by atoms with van der Waals surface area (Å²) in [6, 6.07) is 2.22. The fourth-order valence-corrected chi connectivity index (χ4v) is 5.29. The molecule has 34 heavy (non-hydrogen) atoms. The molecule has 6 rings (SSSR count). The Morgan fingerprint density at radius 3 is 2.74 bits per heavy atom. The van der Waals surface area contributed by atoms with Crippen LogP contribution in [-0.2, 0) is 4.74 Å². The minimum Gasteiger partial charge on any atom is -0.374 e. The molecule has 3 aromatic heterocycles. The van der Waals surface area contributed by atoms with Crippen LogP contribution in [0.2, 0.25) is 0 Å². The van der Waals surface area contributed by atoms with Gasteiger partial charge in [0, 0.05) is 18.9 Å². The molecule has 1 N–H and O–H groups in total. The molecule has 0 spiro atoms. The predicted molar refractivity (Wildman–Crippen MR) is 120 cm³/mol. The minimum absolute atomic E-state index is 0.0255. The fraction of sp³-hybridized carbons (Fsp3) is 0.565. The summed E-state index contributed by atoms with van der Waals surface area (Å²) in [5.41, 5.74) is 0.208. The van der Waals surface area contributed by atoms with E-state index in [1.165, 1.54) is 16.9 Å². The Labute approximate surface area is 195 Å². The second-order valence-electron chi connectivity index (χ2n) is 9.90. The Kier molecular flexibility index (Phi) is 5.05. The van der Waals surface area contributed by atoms with Gasteiger partial charge >= 0.3 is 0 Å². The zero-order valence-electron chi connectivity index (χ0n) is 19.1. The molecule has 3 fully saturated rings. The second kappa shape index (κ2) is 8.00. The average Bonchev–Trinajstić information content (AvgIpc) is 3.55. The molecular formula is C23H27F2N7O2. The molecule has 1 aliphatic carbocycles. The van der Waals surface area contributed by atoms with E-state index in [1.54, 1.807) is 10.9 Å². The Morgan fingerprint density at radius 2 is 2.06 bits per heavy atom. The van der Waals surface area contributed by atoms with E-state index in [0.717, 1.165) is 31.6 Å². The number of hydrogen-bond acceptors (Lipinski definition) is 6. The summed E-state index contributed by atoms with van der Waals surface area (Å²) in [4.78, 5) is 20.0. The van der Waals surface area contributed by atoms with Crippen LogP contribution in [0.1, 0.15) is 61.6 Å². The van der Waals surface area contributed by atoms with Crippen molar-refractivity contribution in [3.8, 4) is 0 Å². The first kappa shape index (κ1) is 21.5. The van der Waals surface area contributed by atoms with Gasteiger partial charge in [-0.05, 0) is 37.2 Å². The maximum atomic E-state index is 13.7. The predicted octanol–water partition coefficient (Wildman–Crippen LogP) is 3.70. The van der Waals surface area contributed by atoms with Crippen molar-refractivity contribution in [2.75, 3.05) is 23.4 Å². The minimum atomic E-state index is -2.79. The molecule has 9 nitrogen and oxygen atoms in total. The molecule has 3 aromatic rings. The molecule has 180 valence electrons. The number of nitrogens with zero attached hydrogens (tertiary/aromatic N) is 6. The van der Waals surface area contributed by atoms with Gasteiger partial charge in [-0.3, -0.25) is 9.48 Å². The van der Waals surface area contributed by atoms with Crippen LogP contribution in [-0.4, -0.2) is 55.6 Å². The number of fused-ring (bicyclic) bond motifs is 3. The third kappa shape index (κ3) is 3.53. The van der Waals surface area contributed by atoms with Gasteiger partial charge in [-0.25, -0.2) is 18.3 Å². The lowest BCUT2D eigenvalue weighted by atomic mass is 9.74. The van der Waals surface area contributed by atoms with Crippen LogP contribution in [0.3, 0.4) is 0 Å². The smallest absolute Gasteiger partial charge is 0.284 e. The number of nitrogens with one attached hydrogen (secondary N) is 1. The van der Waals surface area contributed by atoms with Gasteiger partial charge in [0.2, 0.25) is 0 Å².